The van der Waals surface area contributed by atoms with Gasteiger partial charge in [0, 0.05) is 11.8 Å². The first-order valence-electron chi connectivity index (χ1n) is 5.89. The van der Waals surface area contributed by atoms with Gasteiger partial charge in [-0.2, -0.15) is 12.6 Å². The van der Waals surface area contributed by atoms with Crippen LogP contribution in [-0.4, -0.2) is 25.5 Å². The molecule has 0 saturated carbocycles. The molecule has 0 aliphatic heterocycles. The van der Waals surface area contributed by atoms with Gasteiger partial charge in [-0.3, -0.25) is 0 Å². The summed E-state index contributed by atoms with van der Waals surface area (Å²) < 4.78 is 10.7. The van der Waals surface area contributed by atoms with Gasteiger partial charge in [0.1, 0.15) is 11.5 Å². The summed E-state index contributed by atoms with van der Waals surface area (Å²) in [5.41, 5.74) is 5.77. The average molecular weight is 255 g/mol. The lowest BCUT2D eigenvalue weighted by Gasteiger charge is -2.09. The fourth-order valence-electron chi connectivity index (χ4n) is 1.46. The maximum absolute atomic E-state index is 5.77. The van der Waals surface area contributed by atoms with Gasteiger partial charge in [-0.05, 0) is 43.5 Å². The molecule has 0 bridgehead atoms. The first-order chi connectivity index (χ1) is 8.26. The molecule has 3 nitrogen and oxygen atoms in total. The van der Waals surface area contributed by atoms with E-state index >= 15 is 0 Å². The van der Waals surface area contributed by atoms with E-state index < -0.39 is 0 Å². The van der Waals surface area contributed by atoms with Crippen molar-refractivity contribution in [3.8, 4) is 11.5 Å². The van der Waals surface area contributed by atoms with Gasteiger partial charge in [-0.1, -0.05) is 0 Å². The van der Waals surface area contributed by atoms with E-state index in [0.29, 0.717) is 0 Å². The molecule has 1 atom stereocenters. The number of nitrogens with two attached hydrogens (primary N) is 1. The van der Waals surface area contributed by atoms with Gasteiger partial charge < -0.3 is 15.2 Å². The molecule has 0 amide bonds. The van der Waals surface area contributed by atoms with Gasteiger partial charge in [0.25, 0.3) is 0 Å². The molecular weight excluding hydrogens is 234 g/mol. The number of benzene rings is 1. The third kappa shape index (κ3) is 5.84. The smallest absolute Gasteiger partial charge is 0.119 e. The quantitative estimate of drug-likeness (QED) is 0.554. The van der Waals surface area contributed by atoms with E-state index in [1.165, 1.54) is 0 Å². The molecule has 4 heteroatoms. The van der Waals surface area contributed by atoms with Crippen LogP contribution in [0.5, 0.6) is 11.5 Å². The Morgan fingerprint density at radius 3 is 2.41 bits per heavy atom. The van der Waals surface area contributed by atoms with Crippen LogP contribution >= 0.6 is 12.6 Å². The molecule has 0 saturated heterocycles. The molecule has 2 N–H and O–H groups in total. The molecule has 0 radical (unpaired) electrons. The van der Waals surface area contributed by atoms with Crippen LogP contribution in [0.2, 0.25) is 0 Å². The summed E-state index contributed by atoms with van der Waals surface area (Å²) in [6.45, 7) is 0.728. The molecule has 1 aromatic carbocycles. The molecule has 1 unspecified atom stereocenters. The van der Waals surface area contributed by atoms with Crippen molar-refractivity contribution in [3.63, 3.8) is 0 Å². The Kier molecular flexibility index (Phi) is 6.89. The Bertz CT molecular complexity index is 303. The van der Waals surface area contributed by atoms with Gasteiger partial charge >= 0.3 is 0 Å². The number of ether oxygens (including phenoxy) is 2. The first kappa shape index (κ1) is 14.2. The van der Waals surface area contributed by atoms with E-state index in [1.54, 1.807) is 7.11 Å². The highest BCUT2D eigenvalue weighted by atomic mass is 32.1. The Balaban J connectivity index is 2.13. The molecule has 1 rings (SSSR count). The van der Waals surface area contributed by atoms with E-state index in [9.17, 15) is 0 Å². The number of rotatable bonds is 8. The molecule has 0 aromatic heterocycles. The van der Waals surface area contributed by atoms with Crippen LogP contribution in [0, 0.1) is 0 Å². The minimum atomic E-state index is 0.208. The summed E-state index contributed by atoms with van der Waals surface area (Å²) in [4.78, 5) is 0. The number of hydrogen-bond acceptors (Lipinski definition) is 4. The minimum absolute atomic E-state index is 0.208. The summed E-state index contributed by atoms with van der Waals surface area (Å²) in [6, 6.07) is 7.83. The van der Waals surface area contributed by atoms with Crippen molar-refractivity contribution in [2.45, 2.75) is 25.3 Å². The predicted octanol–water partition coefficient (Wildman–Crippen LogP) is 2.50. The van der Waals surface area contributed by atoms with Crippen molar-refractivity contribution in [2.24, 2.45) is 5.73 Å². The summed E-state index contributed by atoms with van der Waals surface area (Å²) in [6.07, 6.45) is 3.11. The largest absolute Gasteiger partial charge is 0.497 e. The SMILES string of the molecule is COc1ccc(OCCCCC(N)CS)cc1. The van der Waals surface area contributed by atoms with Crippen LogP contribution in [-0.2, 0) is 0 Å². The fraction of sp³-hybridized carbons (Fsp3) is 0.538. The van der Waals surface area contributed by atoms with E-state index in [2.05, 4.69) is 12.6 Å². The zero-order valence-corrected chi connectivity index (χ0v) is 11.2. The molecule has 0 aliphatic carbocycles. The molecule has 0 aliphatic rings. The molecule has 0 spiro atoms. The highest BCUT2D eigenvalue weighted by molar-refractivity contribution is 7.80. The molecule has 0 heterocycles. The van der Waals surface area contributed by atoms with Crippen molar-refractivity contribution < 1.29 is 9.47 Å². The third-order valence-corrected chi connectivity index (χ3v) is 3.00. The lowest BCUT2D eigenvalue weighted by Crippen LogP contribution is -2.21. The monoisotopic (exact) mass is 255 g/mol. The highest BCUT2D eigenvalue weighted by Crippen LogP contribution is 2.17. The Labute approximate surface area is 109 Å². The van der Waals surface area contributed by atoms with Gasteiger partial charge in [0.05, 0.1) is 13.7 Å². The van der Waals surface area contributed by atoms with Gasteiger partial charge in [0.2, 0.25) is 0 Å². The highest BCUT2D eigenvalue weighted by Gasteiger charge is 1.99. The predicted molar refractivity (Wildman–Crippen MR) is 74.2 cm³/mol. The van der Waals surface area contributed by atoms with E-state index in [4.69, 9.17) is 15.2 Å². The van der Waals surface area contributed by atoms with Gasteiger partial charge in [-0.25, -0.2) is 0 Å². The average Bonchev–Trinajstić information content (AvgIpc) is 2.38. The van der Waals surface area contributed by atoms with Gasteiger partial charge in [0.15, 0.2) is 0 Å². The Morgan fingerprint density at radius 1 is 1.18 bits per heavy atom. The van der Waals surface area contributed by atoms with Crippen molar-refractivity contribution in [1.82, 2.24) is 0 Å². The molecule has 0 fully saturated rings. The van der Waals surface area contributed by atoms with Gasteiger partial charge in [-0.15, -0.1) is 0 Å². The zero-order chi connectivity index (χ0) is 12.5. The maximum Gasteiger partial charge on any atom is 0.119 e. The lowest BCUT2D eigenvalue weighted by atomic mass is 10.1. The second-order valence-corrected chi connectivity index (χ2v) is 4.33. The maximum atomic E-state index is 5.77. The van der Waals surface area contributed by atoms with Crippen LogP contribution in [0.25, 0.3) is 0 Å². The summed E-state index contributed by atoms with van der Waals surface area (Å²) in [5.74, 6) is 2.47. The summed E-state index contributed by atoms with van der Waals surface area (Å²) in [5, 5.41) is 0. The van der Waals surface area contributed by atoms with Crippen molar-refractivity contribution in [3.05, 3.63) is 24.3 Å². The van der Waals surface area contributed by atoms with Crippen molar-refractivity contribution in [1.29, 1.82) is 0 Å². The summed E-state index contributed by atoms with van der Waals surface area (Å²) >= 11 is 4.15. The second kappa shape index (κ2) is 8.25. The lowest BCUT2D eigenvalue weighted by molar-refractivity contribution is 0.303. The fourth-order valence-corrected chi connectivity index (χ4v) is 1.64. The normalized spacial score (nSPS) is 12.2. The van der Waals surface area contributed by atoms with E-state index in [-0.39, 0.29) is 6.04 Å². The van der Waals surface area contributed by atoms with Crippen LogP contribution in [0.15, 0.2) is 24.3 Å². The van der Waals surface area contributed by atoms with E-state index in [1.807, 2.05) is 24.3 Å². The molecule has 17 heavy (non-hydrogen) atoms. The molecule has 96 valence electrons. The zero-order valence-electron chi connectivity index (χ0n) is 10.3. The van der Waals surface area contributed by atoms with Crippen LogP contribution in [0.3, 0.4) is 0 Å². The third-order valence-electron chi connectivity index (χ3n) is 2.53. The number of thiol groups is 1. The minimum Gasteiger partial charge on any atom is -0.497 e. The van der Waals surface area contributed by atoms with E-state index in [0.717, 1.165) is 43.1 Å². The summed E-state index contributed by atoms with van der Waals surface area (Å²) in [7, 11) is 1.65. The van der Waals surface area contributed by atoms with Crippen LogP contribution in [0.4, 0.5) is 0 Å². The number of hydrogen-bond donors (Lipinski definition) is 2. The Hall–Kier alpha value is -0.870. The Morgan fingerprint density at radius 2 is 1.82 bits per heavy atom. The first-order valence-corrected chi connectivity index (χ1v) is 6.53. The molecule has 1 aromatic rings. The topological polar surface area (TPSA) is 44.5 Å². The number of methoxy groups -OCH3 is 1. The van der Waals surface area contributed by atoms with Crippen LogP contribution < -0.4 is 15.2 Å². The number of unbranched alkanes of at least 4 members (excludes halogenated alkanes) is 1. The van der Waals surface area contributed by atoms with Crippen LogP contribution in [0.1, 0.15) is 19.3 Å². The molecular formula is C13H21NO2S. The standard InChI is InChI=1S/C13H21NO2S/c1-15-12-5-7-13(8-6-12)16-9-3-2-4-11(14)10-17/h5-8,11,17H,2-4,9-10,14H2,1H3. The van der Waals surface area contributed by atoms with Crippen molar-refractivity contribution in [2.75, 3.05) is 19.5 Å². The van der Waals surface area contributed by atoms with Crippen molar-refractivity contribution >= 4 is 12.6 Å². The second-order valence-electron chi connectivity index (χ2n) is 3.96.